The van der Waals surface area contributed by atoms with Gasteiger partial charge >= 0.3 is 0 Å². The summed E-state index contributed by atoms with van der Waals surface area (Å²) in [5.74, 6) is 0.145. The third-order valence-corrected chi connectivity index (χ3v) is 5.38. The summed E-state index contributed by atoms with van der Waals surface area (Å²) in [6.45, 7) is 0. The fourth-order valence-corrected chi connectivity index (χ4v) is 4.28. The van der Waals surface area contributed by atoms with Gasteiger partial charge in [0.25, 0.3) is 0 Å². The van der Waals surface area contributed by atoms with E-state index in [4.69, 9.17) is 0 Å². The molecule has 1 aliphatic carbocycles. The number of anilines is 1. The van der Waals surface area contributed by atoms with E-state index < -0.39 is 0 Å². The minimum atomic E-state index is 0.145. The molecule has 0 atom stereocenters. The molecule has 4 rings (SSSR count). The van der Waals surface area contributed by atoms with Crippen LogP contribution >= 0.6 is 0 Å². The van der Waals surface area contributed by atoms with Gasteiger partial charge in [0.1, 0.15) is 0 Å². The maximum absolute atomic E-state index is 12.3. The van der Waals surface area contributed by atoms with Gasteiger partial charge in [-0.1, -0.05) is 55.3 Å². The molecule has 2 aromatic rings. The van der Waals surface area contributed by atoms with Crippen LogP contribution in [0.3, 0.4) is 0 Å². The summed E-state index contributed by atoms with van der Waals surface area (Å²) in [4.78, 5) is 12.3. The van der Waals surface area contributed by atoms with E-state index in [1.807, 2.05) is 12.1 Å². The molecule has 1 aliphatic heterocycles. The Morgan fingerprint density at radius 2 is 1.50 bits per heavy atom. The van der Waals surface area contributed by atoms with Crippen LogP contribution in [0.15, 0.2) is 48.5 Å². The van der Waals surface area contributed by atoms with Gasteiger partial charge in [0, 0.05) is 17.7 Å². The maximum atomic E-state index is 12.3. The lowest BCUT2D eigenvalue weighted by Gasteiger charge is -2.31. The molecule has 1 saturated carbocycles. The van der Waals surface area contributed by atoms with Crippen molar-refractivity contribution in [2.24, 2.45) is 0 Å². The Hall–Kier alpha value is -2.09. The van der Waals surface area contributed by atoms with E-state index >= 15 is 0 Å². The number of hydrogen-bond acceptors (Lipinski definition) is 1. The van der Waals surface area contributed by atoms with E-state index in [2.05, 4.69) is 41.7 Å². The van der Waals surface area contributed by atoms with Crippen molar-refractivity contribution in [2.75, 3.05) is 5.32 Å². The molecule has 1 fully saturated rings. The van der Waals surface area contributed by atoms with Crippen molar-refractivity contribution in [3.63, 3.8) is 0 Å². The van der Waals surface area contributed by atoms with Crippen LogP contribution in [0.2, 0.25) is 0 Å². The average Bonchev–Trinajstić information content (AvgIpc) is 3.04. The molecule has 1 N–H and O–H groups in total. The van der Waals surface area contributed by atoms with Gasteiger partial charge in [-0.2, -0.15) is 0 Å². The Labute approximate surface area is 131 Å². The quantitative estimate of drug-likeness (QED) is 0.735. The van der Waals surface area contributed by atoms with Crippen LogP contribution < -0.4 is 5.32 Å². The van der Waals surface area contributed by atoms with Crippen LogP contribution in [-0.2, 0) is 10.2 Å². The minimum absolute atomic E-state index is 0.145. The number of amides is 1. The summed E-state index contributed by atoms with van der Waals surface area (Å²) in [6.07, 6.45) is 6.54. The van der Waals surface area contributed by atoms with Crippen molar-refractivity contribution >= 4 is 11.6 Å². The second kappa shape index (κ2) is 5.28. The summed E-state index contributed by atoms with van der Waals surface area (Å²) in [5.41, 5.74) is 5.01. The minimum Gasteiger partial charge on any atom is -0.326 e. The van der Waals surface area contributed by atoms with Gasteiger partial charge in [0.05, 0.1) is 0 Å². The number of rotatable bonds is 0. The predicted molar refractivity (Wildman–Crippen MR) is 89.9 cm³/mol. The van der Waals surface area contributed by atoms with E-state index in [1.54, 1.807) is 0 Å². The van der Waals surface area contributed by atoms with Crippen molar-refractivity contribution in [1.82, 2.24) is 0 Å². The van der Waals surface area contributed by atoms with E-state index in [-0.39, 0.29) is 11.3 Å². The zero-order valence-electron chi connectivity index (χ0n) is 12.8. The third-order valence-electron chi connectivity index (χ3n) is 5.38. The maximum Gasteiger partial charge on any atom is 0.224 e. The lowest BCUT2D eigenvalue weighted by atomic mass is 9.72. The SMILES string of the molecule is O=C1CCC2(CCCC2)c2ccccc2-c2ccccc2N1. The van der Waals surface area contributed by atoms with Gasteiger partial charge in [-0.3, -0.25) is 4.79 Å². The van der Waals surface area contributed by atoms with Crippen LogP contribution in [0.1, 0.15) is 44.1 Å². The number of hydrogen-bond donors (Lipinski definition) is 1. The predicted octanol–water partition coefficient (Wildman–Crippen LogP) is 4.90. The molecule has 0 radical (unpaired) electrons. The van der Waals surface area contributed by atoms with Crippen LogP contribution in [0.4, 0.5) is 5.69 Å². The fourth-order valence-electron chi connectivity index (χ4n) is 4.28. The van der Waals surface area contributed by atoms with Crippen LogP contribution in [0.25, 0.3) is 11.1 Å². The summed E-state index contributed by atoms with van der Waals surface area (Å²) >= 11 is 0. The molecule has 1 spiro atoms. The lowest BCUT2D eigenvalue weighted by molar-refractivity contribution is -0.116. The molecule has 0 saturated heterocycles. The number of benzene rings is 2. The van der Waals surface area contributed by atoms with Gasteiger partial charge in [0.15, 0.2) is 0 Å². The normalized spacial score (nSPS) is 19.5. The van der Waals surface area contributed by atoms with Crippen molar-refractivity contribution in [3.05, 3.63) is 54.1 Å². The lowest BCUT2D eigenvalue weighted by Crippen LogP contribution is -2.24. The first-order valence-corrected chi connectivity index (χ1v) is 8.27. The number of fused-ring (bicyclic) bond motifs is 4. The van der Waals surface area contributed by atoms with Crippen molar-refractivity contribution < 1.29 is 4.79 Å². The Morgan fingerprint density at radius 3 is 2.32 bits per heavy atom. The molecule has 0 unspecified atom stereocenters. The highest BCUT2D eigenvalue weighted by Crippen LogP contribution is 2.49. The van der Waals surface area contributed by atoms with Crippen LogP contribution in [-0.4, -0.2) is 5.91 Å². The molecule has 1 heterocycles. The molecule has 2 aliphatic rings. The largest absolute Gasteiger partial charge is 0.326 e. The Balaban J connectivity index is 1.97. The van der Waals surface area contributed by atoms with Crippen molar-refractivity contribution in [1.29, 1.82) is 0 Å². The van der Waals surface area contributed by atoms with Crippen molar-refractivity contribution in [2.45, 2.75) is 43.9 Å². The second-order valence-corrected chi connectivity index (χ2v) is 6.63. The number of carbonyl (C=O) groups excluding carboxylic acids is 1. The van der Waals surface area contributed by atoms with E-state index in [1.165, 1.54) is 36.8 Å². The van der Waals surface area contributed by atoms with Crippen molar-refractivity contribution in [3.8, 4) is 11.1 Å². The second-order valence-electron chi connectivity index (χ2n) is 6.63. The molecule has 2 nitrogen and oxygen atoms in total. The van der Waals surface area contributed by atoms with E-state index in [0.29, 0.717) is 6.42 Å². The third kappa shape index (κ3) is 2.14. The standard InChI is InChI=1S/C20H21NO/c22-19-11-14-20(12-5-6-13-20)17-9-3-1-7-15(17)16-8-2-4-10-18(16)21-19/h1-4,7-10H,5-6,11-14H2,(H,21,22). The molecule has 2 aromatic carbocycles. The summed E-state index contributed by atoms with van der Waals surface area (Å²) < 4.78 is 0. The molecule has 2 heteroatoms. The number of nitrogens with one attached hydrogen (secondary N) is 1. The molecular weight excluding hydrogens is 270 g/mol. The van der Waals surface area contributed by atoms with Gasteiger partial charge < -0.3 is 5.32 Å². The monoisotopic (exact) mass is 291 g/mol. The van der Waals surface area contributed by atoms with E-state index in [9.17, 15) is 4.79 Å². The molecule has 0 bridgehead atoms. The summed E-state index contributed by atoms with van der Waals surface area (Å²) in [5, 5.41) is 3.11. The van der Waals surface area contributed by atoms with E-state index in [0.717, 1.165) is 17.7 Å². The van der Waals surface area contributed by atoms with Crippen LogP contribution in [0.5, 0.6) is 0 Å². The molecule has 0 aromatic heterocycles. The fraction of sp³-hybridized carbons (Fsp3) is 0.350. The first-order valence-electron chi connectivity index (χ1n) is 8.27. The number of carbonyl (C=O) groups is 1. The Kier molecular flexibility index (Phi) is 3.25. The highest BCUT2D eigenvalue weighted by Gasteiger charge is 2.38. The highest BCUT2D eigenvalue weighted by atomic mass is 16.1. The average molecular weight is 291 g/mol. The van der Waals surface area contributed by atoms with Gasteiger partial charge in [-0.25, -0.2) is 0 Å². The summed E-state index contributed by atoms with van der Waals surface area (Å²) in [6, 6.07) is 16.9. The Bertz CT molecular complexity index is 713. The zero-order chi connectivity index (χ0) is 15.0. The molecule has 22 heavy (non-hydrogen) atoms. The Morgan fingerprint density at radius 1 is 0.818 bits per heavy atom. The first kappa shape index (κ1) is 13.6. The van der Waals surface area contributed by atoms with Gasteiger partial charge in [0.2, 0.25) is 5.91 Å². The smallest absolute Gasteiger partial charge is 0.224 e. The summed E-state index contributed by atoms with van der Waals surface area (Å²) in [7, 11) is 0. The van der Waals surface area contributed by atoms with Gasteiger partial charge in [-0.05, 0) is 41.9 Å². The number of para-hydroxylation sites is 1. The van der Waals surface area contributed by atoms with Crippen LogP contribution in [0, 0.1) is 0 Å². The zero-order valence-corrected chi connectivity index (χ0v) is 12.8. The molecular formula is C20H21NO. The first-order chi connectivity index (χ1) is 10.8. The van der Waals surface area contributed by atoms with Gasteiger partial charge in [-0.15, -0.1) is 0 Å². The molecule has 1 amide bonds. The molecule has 112 valence electrons. The topological polar surface area (TPSA) is 29.1 Å². The highest BCUT2D eigenvalue weighted by molar-refractivity contribution is 5.96.